The number of hydrogen-bond acceptors (Lipinski definition) is 5. The predicted molar refractivity (Wildman–Crippen MR) is 97.5 cm³/mol. The highest BCUT2D eigenvalue weighted by molar-refractivity contribution is 6.04. The summed E-state index contributed by atoms with van der Waals surface area (Å²) in [6.45, 7) is 1.45. The molecule has 7 heteroatoms. The molecule has 26 heavy (non-hydrogen) atoms. The van der Waals surface area contributed by atoms with Crippen molar-refractivity contribution < 1.29 is 14.3 Å². The molecule has 0 bridgehead atoms. The maximum atomic E-state index is 12.2. The average Bonchev–Trinajstić information content (AvgIpc) is 3.21. The molecule has 2 heterocycles. The fraction of sp³-hybridized carbons (Fsp3) is 0.316. The number of aromatic nitrogens is 1. The van der Waals surface area contributed by atoms with Crippen molar-refractivity contribution >= 4 is 17.5 Å². The van der Waals surface area contributed by atoms with Gasteiger partial charge in [0.1, 0.15) is 0 Å². The summed E-state index contributed by atoms with van der Waals surface area (Å²) >= 11 is 0. The van der Waals surface area contributed by atoms with Gasteiger partial charge in [-0.2, -0.15) is 0 Å². The van der Waals surface area contributed by atoms with Gasteiger partial charge >= 0.3 is 0 Å². The van der Waals surface area contributed by atoms with Crippen LogP contribution in [0.15, 0.2) is 48.8 Å². The van der Waals surface area contributed by atoms with Crippen LogP contribution in [-0.2, 0) is 9.53 Å². The zero-order valence-corrected chi connectivity index (χ0v) is 14.4. The molecule has 2 unspecified atom stereocenters. The summed E-state index contributed by atoms with van der Waals surface area (Å²) in [6, 6.07) is 10.2. The number of pyridine rings is 1. The molecule has 0 spiro atoms. The van der Waals surface area contributed by atoms with Crippen LogP contribution < -0.4 is 16.4 Å². The van der Waals surface area contributed by atoms with E-state index >= 15 is 0 Å². The third kappa shape index (κ3) is 4.65. The summed E-state index contributed by atoms with van der Waals surface area (Å²) in [5, 5.41) is 5.66. The van der Waals surface area contributed by atoms with Crippen molar-refractivity contribution in [2.45, 2.75) is 12.5 Å². The lowest BCUT2D eigenvalue weighted by atomic mass is 10.0. The largest absolute Gasteiger partial charge is 0.381 e. The second-order valence-corrected chi connectivity index (χ2v) is 6.22. The first-order chi connectivity index (χ1) is 12.6. The van der Waals surface area contributed by atoms with Crippen LogP contribution in [0, 0.1) is 5.92 Å². The lowest BCUT2D eigenvalue weighted by molar-refractivity contribution is -0.125. The van der Waals surface area contributed by atoms with Gasteiger partial charge in [0, 0.05) is 42.8 Å². The molecule has 2 aromatic rings. The fourth-order valence-corrected chi connectivity index (χ4v) is 2.73. The highest BCUT2D eigenvalue weighted by atomic mass is 16.5. The molecule has 0 saturated carbocycles. The molecule has 2 amide bonds. The second-order valence-electron chi connectivity index (χ2n) is 6.22. The number of nitrogens with zero attached hydrogens (tertiary/aromatic N) is 1. The number of amides is 2. The van der Waals surface area contributed by atoms with Crippen LogP contribution in [0.1, 0.15) is 28.4 Å². The van der Waals surface area contributed by atoms with Gasteiger partial charge in [-0.05, 0) is 36.2 Å². The zero-order chi connectivity index (χ0) is 18.4. The van der Waals surface area contributed by atoms with Crippen molar-refractivity contribution in [3.63, 3.8) is 0 Å². The standard InChI is InChI=1S/C19H22N4O3/c20-17(11-22-18(24)15-7-10-26-12-15)13-1-3-14(4-2-13)19(25)23-16-5-8-21-9-6-16/h1-6,8-9,15,17H,7,10-12,20H2,(H,22,24)(H,21,23,25). The minimum Gasteiger partial charge on any atom is -0.381 e. The van der Waals surface area contributed by atoms with Gasteiger partial charge in [0.05, 0.1) is 12.5 Å². The summed E-state index contributed by atoms with van der Waals surface area (Å²) in [5.74, 6) is -0.307. The van der Waals surface area contributed by atoms with E-state index in [0.717, 1.165) is 12.0 Å². The summed E-state index contributed by atoms with van der Waals surface area (Å²) < 4.78 is 5.21. The number of ether oxygens (including phenoxy) is 1. The van der Waals surface area contributed by atoms with Gasteiger partial charge in [-0.15, -0.1) is 0 Å². The average molecular weight is 354 g/mol. The molecule has 136 valence electrons. The molecule has 1 saturated heterocycles. The zero-order valence-electron chi connectivity index (χ0n) is 14.4. The normalized spacial score (nSPS) is 17.5. The van der Waals surface area contributed by atoms with Gasteiger partial charge in [-0.1, -0.05) is 12.1 Å². The van der Waals surface area contributed by atoms with Crippen LogP contribution in [-0.4, -0.2) is 36.6 Å². The van der Waals surface area contributed by atoms with E-state index in [1.165, 1.54) is 0 Å². The molecule has 0 aliphatic carbocycles. The van der Waals surface area contributed by atoms with Crippen molar-refractivity contribution in [1.82, 2.24) is 10.3 Å². The SMILES string of the molecule is NC(CNC(=O)C1CCOC1)c1ccc(C(=O)Nc2ccncc2)cc1. The molecule has 1 aliphatic rings. The number of rotatable bonds is 6. The van der Waals surface area contributed by atoms with Gasteiger partial charge in [0.2, 0.25) is 5.91 Å². The Bertz CT molecular complexity index is 743. The van der Waals surface area contributed by atoms with Crippen molar-refractivity contribution in [3.8, 4) is 0 Å². The predicted octanol–water partition coefficient (Wildman–Crippen LogP) is 1.49. The van der Waals surface area contributed by atoms with E-state index < -0.39 is 0 Å². The van der Waals surface area contributed by atoms with E-state index in [9.17, 15) is 9.59 Å². The van der Waals surface area contributed by atoms with E-state index in [4.69, 9.17) is 10.5 Å². The number of hydrogen-bond donors (Lipinski definition) is 3. The van der Waals surface area contributed by atoms with Gasteiger partial charge < -0.3 is 21.1 Å². The topological polar surface area (TPSA) is 106 Å². The number of carbonyl (C=O) groups excluding carboxylic acids is 2. The minimum atomic E-state index is -0.335. The Kier molecular flexibility index (Phi) is 5.93. The summed E-state index contributed by atoms with van der Waals surface area (Å²) in [4.78, 5) is 28.1. The van der Waals surface area contributed by atoms with Crippen LogP contribution in [0.25, 0.3) is 0 Å². The van der Waals surface area contributed by atoms with Gasteiger partial charge in [0.15, 0.2) is 0 Å². The van der Waals surface area contributed by atoms with Gasteiger partial charge in [-0.3, -0.25) is 14.6 Å². The van der Waals surface area contributed by atoms with Crippen molar-refractivity contribution in [2.24, 2.45) is 11.7 Å². The van der Waals surface area contributed by atoms with Crippen LogP contribution in [0.5, 0.6) is 0 Å². The Morgan fingerprint density at radius 2 is 1.92 bits per heavy atom. The Hall–Kier alpha value is -2.77. The van der Waals surface area contributed by atoms with E-state index in [2.05, 4.69) is 15.6 Å². The van der Waals surface area contributed by atoms with Gasteiger partial charge in [0.25, 0.3) is 5.91 Å². The highest BCUT2D eigenvalue weighted by Gasteiger charge is 2.23. The number of benzene rings is 1. The van der Waals surface area contributed by atoms with E-state index in [1.54, 1.807) is 48.8 Å². The Morgan fingerprint density at radius 1 is 1.19 bits per heavy atom. The molecule has 4 N–H and O–H groups in total. The molecule has 1 fully saturated rings. The van der Waals surface area contributed by atoms with E-state index in [0.29, 0.717) is 31.0 Å². The van der Waals surface area contributed by atoms with Crippen LogP contribution in [0.4, 0.5) is 5.69 Å². The van der Waals surface area contributed by atoms with E-state index in [-0.39, 0.29) is 23.8 Å². The summed E-state index contributed by atoms with van der Waals surface area (Å²) in [5.41, 5.74) is 8.21. The smallest absolute Gasteiger partial charge is 0.255 e. The molecule has 3 rings (SSSR count). The molecule has 1 aliphatic heterocycles. The quantitative estimate of drug-likeness (QED) is 0.729. The van der Waals surface area contributed by atoms with E-state index in [1.807, 2.05) is 0 Å². The van der Waals surface area contributed by atoms with Crippen molar-refractivity contribution in [3.05, 3.63) is 59.9 Å². The van der Waals surface area contributed by atoms with Gasteiger partial charge in [-0.25, -0.2) is 0 Å². The molecule has 7 nitrogen and oxygen atoms in total. The Morgan fingerprint density at radius 3 is 2.58 bits per heavy atom. The minimum absolute atomic E-state index is 0.0219. The molecule has 2 atom stereocenters. The second kappa shape index (κ2) is 8.55. The maximum Gasteiger partial charge on any atom is 0.255 e. The summed E-state index contributed by atoms with van der Waals surface area (Å²) in [6.07, 6.45) is 3.98. The van der Waals surface area contributed by atoms with Crippen LogP contribution in [0.2, 0.25) is 0 Å². The first-order valence-electron chi connectivity index (χ1n) is 8.56. The molecule has 0 radical (unpaired) electrons. The van der Waals surface area contributed by atoms with Crippen LogP contribution in [0.3, 0.4) is 0 Å². The maximum absolute atomic E-state index is 12.2. The monoisotopic (exact) mass is 354 g/mol. The number of nitrogens with one attached hydrogen (secondary N) is 2. The molecular formula is C19H22N4O3. The number of anilines is 1. The molecular weight excluding hydrogens is 332 g/mol. The number of nitrogens with two attached hydrogens (primary N) is 1. The fourth-order valence-electron chi connectivity index (χ4n) is 2.73. The summed E-state index contributed by atoms with van der Waals surface area (Å²) in [7, 11) is 0. The third-order valence-corrected chi connectivity index (χ3v) is 4.34. The Balaban J connectivity index is 1.53. The van der Waals surface area contributed by atoms with Crippen molar-refractivity contribution in [2.75, 3.05) is 25.1 Å². The third-order valence-electron chi connectivity index (χ3n) is 4.34. The lowest BCUT2D eigenvalue weighted by Crippen LogP contribution is -2.36. The highest BCUT2D eigenvalue weighted by Crippen LogP contribution is 2.15. The Labute approximate surface area is 151 Å². The van der Waals surface area contributed by atoms with Crippen LogP contribution >= 0.6 is 0 Å². The molecule has 1 aromatic carbocycles. The number of carbonyl (C=O) groups is 2. The first-order valence-corrected chi connectivity index (χ1v) is 8.56. The molecule has 1 aromatic heterocycles. The van der Waals surface area contributed by atoms with Crippen molar-refractivity contribution in [1.29, 1.82) is 0 Å². The lowest BCUT2D eigenvalue weighted by Gasteiger charge is -2.15. The first kappa shape index (κ1) is 18.0.